The van der Waals surface area contributed by atoms with Crippen molar-refractivity contribution in [2.24, 2.45) is 11.8 Å². The molecule has 3 fully saturated rings. The molecular formula is C41H39N2O+. The molecule has 5 aromatic carbocycles. The van der Waals surface area contributed by atoms with E-state index < -0.39 is 0 Å². The SMILES string of the molecule is C=CC1C[N+]2(Cc3cc4ccccc4c4ccccc34)CCC1CC2[C@H](OCc1ccccc1)c1ccnc2ccccc12. The van der Waals surface area contributed by atoms with Gasteiger partial charge in [0.1, 0.15) is 18.7 Å². The van der Waals surface area contributed by atoms with E-state index in [1.54, 1.807) is 0 Å². The van der Waals surface area contributed by atoms with Crippen LogP contribution in [0.25, 0.3) is 32.4 Å². The average molecular weight is 576 g/mol. The van der Waals surface area contributed by atoms with Gasteiger partial charge in [0.05, 0.1) is 25.2 Å². The fraction of sp³-hybridized carbons (Fsp3) is 0.244. The van der Waals surface area contributed by atoms with Gasteiger partial charge in [-0.1, -0.05) is 103 Å². The van der Waals surface area contributed by atoms with Gasteiger partial charge in [-0.05, 0) is 56.8 Å². The number of pyridine rings is 1. The van der Waals surface area contributed by atoms with Crippen molar-refractivity contribution in [2.75, 3.05) is 13.1 Å². The van der Waals surface area contributed by atoms with Crippen molar-refractivity contribution in [3.05, 3.63) is 151 Å². The number of aromatic nitrogens is 1. The van der Waals surface area contributed by atoms with Gasteiger partial charge >= 0.3 is 0 Å². The summed E-state index contributed by atoms with van der Waals surface area (Å²) in [5, 5.41) is 6.57. The van der Waals surface area contributed by atoms with Gasteiger partial charge in [0.2, 0.25) is 0 Å². The van der Waals surface area contributed by atoms with Crippen molar-refractivity contribution in [3.63, 3.8) is 0 Å². The Morgan fingerprint density at radius 3 is 2.39 bits per heavy atom. The Hall–Kier alpha value is -4.31. The van der Waals surface area contributed by atoms with Gasteiger partial charge < -0.3 is 9.22 Å². The van der Waals surface area contributed by atoms with E-state index in [9.17, 15) is 0 Å². The van der Waals surface area contributed by atoms with Crippen LogP contribution in [0.3, 0.4) is 0 Å². The van der Waals surface area contributed by atoms with Gasteiger partial charge in [-0.25, -0.2) is 0 Å². The lowest BCUT2D eigenvalue weighted by molar-refractivity contribution is -0.985. The molecule has 0 N–H and O–H groups in total. The van der Waals surface area contributed by atoms with Crippen molar-refractivity contribution in [2.45, 2.75) is 38.1 Å². The molecule has 3 nitrogen and oxygen atoms in total. The molecule has 0 spiro atoms. The Kier molecular flexibility index (Phi) is 7.01. The molecule has 3 aliphatic heterocycles. The van der Waals surface area contributed by atoms with E-state index in [-0.39, 0.29) is 6.10 Å². The number of ether oxygens (including phenoxy) is 1. The standard InChI is InChI=1S/C41H39N2O/c1-2-30-26-43(27-33-24-32-14-6-7-15-34(32)36-17-9-8-16-35(33)36)23-21-31(30)25-40(43)41(44-28-29-12-4-3-5-13-29)38-20-22-42-39-19-11-10-18-37(38)39/h2-20,22,24,30-31,40-41H,1,21,23,25-28H2/q+1/t30?,31?,40?,41-,43?/m1/s1. The summed E-state index contributed by atoms with van der Waals surface area (Å²) in [6.07, 6.45) is 6.54. The summed E-state index contributed by atoms with van der Waals surface area (Å²) in [4.78, 5) is 4.74. The number of rotatable bonds is 8. The minimum atomic E-state index is -0.0524. The first-order valence-corrected chi connectivity index (χ1v) is 16.1. The maximum atomic E-state index is 7.13. The third kappa shape index (κ3) is 4.72. The van der Waals surface area contributed by atoms with Gasteiger partial charge in [0.15, 0.2) is 0 Å². The summed E-state index contributed by atoms with van der Waals surface area (Å²) in [5.41, 5.74) is 4.95. The normalized spacial score (nSPS) is 23.7. The maximum absolute atomic E-state index is 7.13. The molecule has 5 atom stereocenters. The molecule has 3 saturated heterocycles. The van der Waals surface area contributed by atoms with Crippen LogP contribution in [0, 0.1) is 11.8 Å². The molecule has 3 aliphatic rings. The molecule has 0 radical (unpaired) electrons. The van der Waals surface area contributed by atoms with Crippen molar-refractivity contribution >= 4 is 32.4 Å². The summed E-state index contributed by atoms with van der Waals surface area (Å²) in [6, 6.07) is 42.1. The van der Waals surface area contributed by atoms with E-state index in [1.165, 1.54) is 50.0 Å². The molecule has 0 amide bonds. The molecule has 44 heavy (non-hydrogen) atoms. The molecule has 2 bridgehead atoms. The second-order valence-electron chi connectivity index (χ2n) is 13.0. The molecular weight excluding hydrogens is 536 g/mol. The first kappa shape index (κ1) is 27.3. The minimum Gasteiger partial charge on any atom is -0.363 e. The van der Waals surface area contributed by atoms with E-state index in [0.29, 0.717) is 24.5 Å². The number of hydrogen-bond acceptors (Lipinski definition) is 2. The first-order valence-electron chi connectivity index (χ1n) is 16.1. The first-order chi connectivity index (χ1) is 21.7. The van der Waals surface area contributed by atoms with E-state index in [4.69, 9.17) is 9.72 Å². The fourth-order valence-corrected chi connectivity index (χ4v) is 8.50. The third-order valence-corrected chi connectivity index (χ3v) is 10.6. The fourth-order valence-electron chi connectivity index (χ4n) is 8.50. The minimum absolute atomic E-state index is 0.0524. The van der Waals surface area contributed by atoms with Crippen molar-refractivity contribution in [1.82, 2.24) is 4.98 Å². The number of benzene rings is 5. The van der Waals surface area contributed by atoms with Crippen molar-refractivity contribution in [3.8, 4) is 0 Å². The number of quaternary nitrogens is 1. The highest BCUT2D eigenvalue weighted by Crippen LogP contribution is 2.50. The molecule has 0 aliphatic carbocycles. The van der Waals surface area contributed by atoms with Gasteiger partial charge in [-0.15, -0.1) is 6.58 Å². The van der Waals surface area contributed by atoms with Gasteiger partial charge in [-0.3, -0.25) is 4.98 Å². The van der Waals surface area contributed by atoms with Gasteiger partial charge in [0.25, 0.3) is 0 Å². The van der Waals surface area contributed by atoms with E-state index in [0.717, 1.165) is 36.1 Å². The zero-order valence-corrected chi connectivity index (χ0v) is 25.2. The molecule has 1 aromatic heterocycles. The van der Waals surface area contributed by atoms with Crippen LogP contribution in [-0.4, -0.2) is 28.6 Å². The lowest BCUT2D eigenvalue weighted by Gasteiger charge is -2.58. The summed E-state index contributed by atoms with van der Waals surface area (Å²) < 4.78 is 8.15. The van der Waals surface area contributed by atoms with Crippen LogP contribution in [0.1, 0.15) is 35.6 Å². The molecule has 218 valence electrons. The number of nitrogens with zero attached hydrogens (tertiary/aromatic N) is 2. The van der Waals surface area contributed by atoms with Gasteiger partial charge in [-0.2, -0.15) is 0 Å². The third-order valence-electron chi connectivity index (χ3n) is 10.6. The van der Waals surface area contributed by atoms with Crippen molar-refractivity contribution < 1.29 is 9.22 Å². The van der Waals surface area contributed by atoms with Crippen LogP contribution >= 0.6 is 0 Å². The molecule has 9 rings (SSSR count). The van der Waals surface area contributed by atoms with E-state index in [1.807, 2.05) is 6.20 Å². The Morgan fingerprint density at radius 1 is 0.818 bits per heavy atom. The molecule has 0 saturated carbocycles. The van der Waals surface area contributed by atoms with Gasteiger partial charge in [0, 0.05) is 35.9 Å². The Morgan fingerprint density at radius 2 is 1.55 bits per heavy atom. The lowest BCUT2D eigenvalue weighted by atomic mass is 9.71. The molecule has 4 heterocycles. The quantitative estimate of drug-likeness (QED) is 0.102. The summed E-state index contributed by atoms with van der Waals surface area (Å²) in [7, 11) is 0. The highest BCUT2D eigenvalue weighted by molar-refractivity contribution is 6.08. The second-order valence-corrected chi connectivity index (χ2v) is 13.0. The maximum Gasteiger partial charge on any atom is 0.135 e. The predicted octanol–water partition coefficient (Wildman–Crippen LogP) is 9.41. The predicted molar refractivity (Wildman–Crippen MR) is 181 cm³/mol. The Bertz CT molecular complexity index is 1960. The molecule has 3 heteroatoms. The monoisotopic (exact) mass is 575 g/mol. The zero-order valence-electron chi connectivity index (χ0n) is 25.2. The van der Waals surface area contributed by atoms with E-state index >= 15 is 0 Å². The van der Waals surface area contributed by atoms with Crippen LogP contribution in [-0.2, 0) is 17.9 Å². The highest BCUT2D eigenvalue weighted by Gasteiger charge is 2.54. The number of fused-ring (bicyclic) bond motifs is 7. The summed E-state index contributed by atoms with van der Waals surface area (Å²) >= 11 is 0. The Balaban J connectivity index is 1.28. The van der Waals surface area contributed by atoms with E-state index in [2.05, 4.69) is 128 Å². The topological polar surface area (TPSA) is 22.1 Å². The lowest BCUT2D eigenvalue weighted by Crippen LogP contribution is -2.67. The number of piperidine rings is 3. The zero-order chi connectivity index (χ0) is 29.5. The van der Waals surface area contributed by atoms with Crippen LogP contribution in [0.4, 0.5) is 0 Å². The second kappa shape index (κ2) is 11.3. The van der Waals surface area contributed by atoms with Crippen LogP contribution in [0.15, 0.2) is 134 Å². The Labute approximate surface area is 260 Å². The van der Waals surface area contributed by atoms with Crippen LogP contribution < -0.4 is 0 Å². The number of para-hydroxylation sites is 1. The average Bonchev–Trinajstić information content (AvgIpc) is 3.09. The van der Waals surface area contributed by atoms with Crippen molar-refractivity contribution in [1.29, 1.82) is 0 Å². The van der Waals surface area contributed by atoms with Crippen LogP contribution in [0.2, 0.25) is 0 Å². The van der Waals surface area contributed by atoms with Crippen LogP contribution in [0.5, 0.6) is 0 Å². The number of hydrogen-bond donors (Lipinski definition) is 0. The molecule has 6 aromatic rings. The smallest absolute Gasteiger partial charge is 0.135 e. The highest BCUT2D eigenvalue weighted by atomic mass is 16.5. The summed E-state index contributed by atoms with van der Waals surface area (Å²) in [6.45, 7) is 8.17. The molecule has 4 unspecified atom stereocenters. The summed E-state index contributed by atoms with van der Waals surface area (Å²) in [5.74, 6) is 1.16. The largest absolute Gasteiger partial charge is 0.363 e.